The Morgan fingerprint density at radius 3 is 3.00 bits per heavy atom. The molecule has 10 nitrogen and oxygen atoms in total. The molecule has 1 fully saturated rings. The quantitative estimate of drug-likeness (QED) is 0.581. The first kappa shape index (κ1) is 17.0. The Hall–Kier alpha value is -2.81. The molecule has 0 amide bonds. The summed E-state index contributed by atoms with van der Waals surface area (Å²) in [5.74, 6) is -1.62. The number of fused-ring (bicyclic) bond motifs is 1. The van der Waals surface area contributed by atoms with Crippen molar-refractivity contribution in [2.75, 3.05) is 12.3 Å². The minimum atomic E-state index is -2.14. The number of aromatic nitrogens is 3. The topological polar surface area (TPSA) is 156 Å². The van der Waals surface area contributed by atoms with Crippen LogP contribution < -0.4 is 5.73 Å². The van der Waals surface area contributed by atoms with Crippen molar-refractivity contribution in [1.29, 1.82) is 5.26 Å². The summed E-state index contributed by atoms with van der Waals surface area (Å²) in [7, 11) is 0. The third-order valence-corrected chi connectivity index (χ3v) is 3.99. The van der Waals surface area contributed by atoms with E-state index in [0.29, 0.717) is 0 Å². The molecule has 0 aliphatic carbocycles. The highest BCUT2D eigenvalue weighted by atomic mass is 19.1. The molecule has 3 heterocycles. The predicted octanol–water partition coefficient (Wildman–Crippen LogP) is -1.15. The SMILES string of the molecule is CC(=O)OC[C@H]1O[C@@](C#N)(c2cc(F)c3c(N)ncnn23)[C@H](O)[C@@H]1O. The fourth-order valence-electron chi connectivity index (χ4n) is 2.80. The molecule has 0 bridgehead atoms. The number of carbonyl (C=O) groups excluding carboxylic acids is 1. The summed E-state index contributed by atoms with van der Waals surface area (Å²) in [6.07, 6.45) is -3.44. The number of nitrogens with two attached hydrogens (primary N) is 1. The second kappa shape index (κ2) is 5.92. The number of aliphatic hydroxyl groups excluding tert-OH is 2. The molecule has 0 spiro atoms. The maximum Gasteiger partial charge on any atom is 0.302 e. The van der Waals surface area contributed by atoms with Gasteiger partial charge in [-0.05, 0) is 0 Å². The lowest BCUT2D eigenvalue weighted by Crippen LogP contribution is -2.41. The van der Waals surface area contributed by atoms with Crippen LogP contribution in [0.3, 0.4) is 0 Å². The van der Waals surface area contributed by atoms with Crippen molar-refractivity contribution < 1.29 is 28.9 Å². The number of nitrogen functional groups attached to an aromatic ring is 1. The molecule has 1 aliphatic rings. The standard InChI is InChI=1S/C14H14FN5O5/c1-6(21)24-3-8-11(22)12(23)14(4-16,25-8)9-2-7(15)10-13(17)18-5-19-20(9)10/h2,5,8,11-12,22-23H,3H2,1H3,(H2,17,18,19)/t8-,11-,12-,14+/m1/s1. The van der Waals surface area contributed by atoms with Crippen LogP contribution in [0.2, 0.25) is 0 Å². The Morgan fingerprint density at radius 1 is 1.64 bits per heavy atom. The van der Waals surface area contributed by atoms with E-state index in [-0.39, 0.29) is 23.6 Å². The van der Waals surface area contributed by atoms with Crippen LogP contribution in [0.25, 0.3) is 5.52 Å². The molecule has 0 unspecified atom stereocenters. The minimum absolute atomic E-state index is 0.170. The Kier molecular flexibility index (Phi) is 4.03. The van der Waals surface area contributed by atoms with Crippen molar-refractivity contribution in [2.24, 2.45) is 0 Å². The molecular weight excluding hydrogens is 337 g/mol. The number of rotatable bonds is 3. The summed E-state index contributed by atoms with van der Waals surface area (Å²) < 4.78 is 25.5. The number of carbonyl (C=O) groups is 1. The fraction of sp³-hybridized carbons (Fsp3) is 0.429. The monoisotopic (exact) mass is 351 g/mol. The maximum absolute atomic E-state index is 14.2. The average Bonchev–Trinajstić information content (AvgIpc) is 3.04. The zero-order valence-corrected chi connectivity index (χ0v) is 13.0. The lowest BCUT2D eigenvalue weighted by molar-refractivity contribution is -0.148. The predicted molar refractivity (Wildman–Crippen MR) is 78.2 cm³/mol. The van der Waals surface area contributed by atoms with Gasteiger partial charge in [0.2, 0.25) is 5.60 Å². The van der Waals surface area contributed by atoms with Crippen molar-refractivity contribution in [3.63, 3.8) is 0 Å². The highest BCUT2D eigenvalue weighted by Gasteiger charge is 2.58. The van der Waals surface area contributed by atoms with E-state index in [0.717, 1.165) is 23.8 Å². The highest BCUT2D eigenvalue weighted by Crippen LogP contribution is 2.41. The van der Waals surface area contributed by atoms with Crippen LogP contribution in [-0.4, -0.2) is 55.7 Å². The summed E-state index contributed by atoms with van der Waals surface area (Å²) in [5, 5.41) is 34.0. The maximum atomic E-state index is 14.2. The van der Waals surface area contributed by atoms with Crippen molar-refractivity contribution in [2.45, 2.75) is 30.8 Å². The number of halogens is 1. The molecule has 0 radical (unpaired) electrons. The van der Waals surface area contributed by atoms with Crippen LogP contribution in [0.4, 0.5) is 10.2 Å². The van der Waals surface area contributed by atoms with Gasteiger partial charge in [0.05, 0.1) is 5.69 Å². The molecule has 4 atom stereocenters. The van der Waals surface area contributed by atoms with E-state index in [1.807, 2.05) is 0 Å². The first-order chi connectivity index (χ1) is 11.8. The van der Waals surface area contributed by atoms with Crippen LogP contribution in [0.1, 0.15) is 12.6 Å². The lowest BCUT2D eigenvalue weighted by Gasteiger charge is -2.24. The number of hydrogen-bond donors (Lipinski definition) is 3. The summed E-state index contributed by atoms with van der Waals surface area (Å²) in [5.41, 5.74) is 3.11. The van der Waals surface area contributed by atoms with Crippen LogP contribution in [0, 0.1) is 17.1 Å². The number of hydrogen-bond acceptors (Lipinski definition) is 9. The van der Waals surface area contributed by atoms with Gasteiger partial charge in [0.25, 0.3) is 0 Å². The molecule has 2 aromatic rings. The molecule has 25 heavy (non-hydrogen) atoms. The van der Waals surface area contributed by atoms with Crippen LogP contribution in [-0.2, 0) is 19.9 Å². The highest BCUT2D eigenvalue weighted by molar-refractivity contribution is 5.67. The van der Waals surface area contributed by atoms with Gasteiger partial charge in [-0.25, -0.2) is 13.9 Å². The average molecular weight is 351 g/mol. The van der Waals surface area contributed by atoms with Gasteiger partial charge in [0, 0.05) is 13.0 Å². The smallest absolute Gasteiger partial charge is 0.302 e. The molecule has 1 saturated heterocycles. The number of nitrogens with zero attached hydrogens (tertiary/aromatic N) is 4. The largest absolute Gasteiger partial charge is 0.463 e. The molecule has 1 aliphatic heterocycles. The second-order valence-corrected chi connectivity index (χ2v) is 5.52. The Morgan fingerprint density at radius 2 is 2.36 bits per heavy atom. The van der Waals surface area contributed by atoms with Crippen LogP contribution in [0.15, 0.2) is 12.4 Å². The van der Waals surface area contributed by atoms with Crippen LogP contribution >= 0.6 is 0 Å². The van der Waals surface area contributed by atoms with E-state index in [2.05, 4.69) is 10.1 Å². The van der Waals surface area contributed by atoms with Gasteiger partial charge in [-0.2, -0.15) is 10.4 Å². The number of nitriles is 1. The molecule has 0 saturated carbocycles. The van der Waals surface area contributed by atoms with E-state index in [1.54, 1.807) is 6.07 Å². The zero-order chi connectivity index (χ0) is 18.4. The van der Waals surface area contributed by atoms with Gasteiger partial charge < -0.3 is 25.4 Å². The molecular formula is C14H14FN5O5. The second-order valence-electron chi connectivity index (χ2n) is 5.52. The zero-order valence-electron chi connectivity index (χ0n) is 13.0. The Bertz CT molecular complexity index is 880. The molecule has 0 aromatic carbocycles. The van der Waals surface area contributed by atoms with Gasteiger partial charge in [0.15, 0.2) is 11.6 Å². The normalized spacial score (nSPS) is 28.8. The Labute approximate surface area is 140 Å². The van der Waals surface area contributed by atoms with E-state index in [1.165, 1.54) is 0 Å². The van der Waals surface area contributed by atoms with Gasteiger partial charge in [0.1, 0.15) is 42.8 Å². The third-order valence-electron chi connectivity index (χ3n) is 3.99. The van der Waals surface area contributed by atoms with Crippen molar-refractivity contribution in [3.8, 4) is 6.07 Å². The number of anilines is 1. The van der Waals surface area contributed by atoms with Gasteiger partial charge in [-0.1, -0.05) is 0 Å². The third kappa shape index (κ3) is 2.47. The first-order valence-electron chi connectivity index (χ1n) is 7.18. The summed E-state index contributed by atoms with van der Waals surface area (Å²) in [6, 6.07) is 2.68. The van der Waals surface area contributed by atoms with E-state index in [4.69, 9.17) is 15.2 Å². The van der Waals surface area contributed by atoms with Crippen molar-refractivity contribution >= 4 is 17.3 Å². The van der Waals surface area contributed by atoms with E-state index in [9.17, 15) is 24.7 Å². The summed E-state index contributed by atoms with van der Waals surface area (Å²) in [4.78, 5) is 14.6. The lowest BCUT2D eigenvalue weighted by atomic mass is 9.92. The van der Waals surface area contributed by atoms with E-state index < -0.39 is 35.7 Å². The van der Waals surface area contributed by atoms with Crippen molar-refractivity contribution in [3.05, 3.63) is 23.9 Å². The number of aliphatic hydroxyl groups is 2. The van der Waals surface area contributed by atoms with E-state index >= 15 is 0 Å². The molecule has 132 valence electrons. The van der Waals surface area contributed by atoms with Gasteiger partial charge in [-0.3, -0.25) is 4.79 Å². The molecule has 4 N–H and O–H groups in total. The number of esters is 1. The van der Waals surface area contributed by atoms with Crippen LogP contribution in [0.5, 0.6) is 0 Å². The summed E-state index contributed by atoms with van der Waals surface area (Å²) >= 11 is 0. The Balaban J connectivity index is 2.09. The van der Waals surface area contributed by atoms with Crippen molar-refractivity contribution in [1.82, 2.24) is 14.6 Å². The molecule has 11 heteroatoms. The first-order valence-corrected chi connectivity index (χ1v) is 7.18. The number of ether oxygens (including phenoxy) is 2. The van der Waals surface area contributed by atoms with Gasteiger partial charge >= 0.3 is 5.97 Å². The molecule has 3 rings (SSSR count). The fourth-order valence-corrected chi connectivity index (χ4v) is 2.80. The minimum Gasteiger partial charge on any atom is -0.463 e. The van der Waals surface area contributed by atoms with Gasteiger partial charge in [-0.15, -0.1) is 0 Å². The molecule has 2 aromatic heterocycles. The summed E-state index contributed by atoms with van der Waals surface area (Å²) in [6.45, 7) is 0.769.